The summed E-state index contributed by atoms with van der Waals surface area (Å²) >= 11 is 0. The first kappa shape index (κ1) is 31.5. The van der Waals surface area contributed by atoms with E-state index in [1.54, 1.807) is 0 Å². The van der Waals surface area contributed by atoms with E-state index in [0.717, 1.165) is 6.92 Å². The Kier molecular flexibility index (Phi) is 10.9. The maximum Gasteiger partial charge on any atom is 0.434 e. The zero-order chi connectivity index (χ0) is 25.6. The van der Waals surface area contributed by atoms with Crippen LogP contribution in [0.3, 0.4) is 0 Å². The third-order valence-electron chi connectivity index (χ3n) is 4.03. The van der Waals surface area contributed by atoms with Gasteiger partial charge in [-0.3, -0.25) is 9.59 Å². The van der Waals surface area contributed by atoms with Gasteiger partial charge in [0.2, 0.25) is 0 Å². The third kappa shape index (κ3) is 10.4. The number of alkyl halides is 9. The second-order valence-electron chi connectivity index (χ2n) is 7.89. The van der Waals surface area contributed by atoms with Crippen molar-refractivity contribution in [1.29, 1.82) is 0 Å². The second kappa shape index (κ2) is 10.8. The molecule has 4 nitrogen and oxygen atoms in total. The molecule has 2 unspecified atom stereocenters. The summed E-state index contributed by atoms with van der Waals surface area (Å²) in [6.07, 6.45) is -20.2. The molecule has 0 aromatic rings. The minimum Gasteiger partial charge on any atom is -0.459 e. The Labute approximate surface area is 174 Å². The largest absolute Gasteiger partial charge is 0.459 e. The van der Waals surface area contributed by atoms with Crippen molar-refractivity contribution in [2.45, 2.75) is 91.5 Å². The highest BCUT2D eigenvalue weighted by Crippen LogP contribution is 2.42. The number of rotatable bonds is 5. The minimum atomic E-state index is -5.65. The predicted octanol–water partition coefficient (Wildman–Crippen LogP) is 6.38. The van der Waals surface area contributed by atoms with E-state index in [2.05, 4.69) is 4.74 Å². The van der Waals surface area contributed by atoms with E-state index < -0.39 is 53.5 Å². The first-order chi connectivity index (χ1) is 13.4. The number of ether oxygens (including phenoxy) is 2. The lowest BCUT2D eigenvalue weighted by Gasteiger charge is -2.32. The summed E-state index contributed by atoms with van der Waals surface area (Å²) in [5.74, 6) is -3.74. The van der Waals surface area contributed by atoms with E-state index in [4.69, 9.17) is 4.74 Å². The van der Waals surface area contributed by atoms with Gasteiger partial charge in [-0.25, -0.2) is 0 Å². The Morgan fingerprint density at radius 2 is 1.19 bits per heavy atom. The van der Waals surface area contributed by atoms with Gasteiger partial charge in [0.05, 0.1) is 5.92 Å². The Morgan fingerprint density at radius 1 is 0.806 bits per heavy atom. The van der Waals surface area contributed by atoms with Crippen molar-refractivity contribution < 1.29 is 58.6 Å². The summed E-state index contributed by atoms with van der Waals surface area (Å²) in [6.45, 7) is 9.43. The molecule has 0 aliphatic heterocycles. The van der Waals surface area contributed by atoms with Crippen molar-refractivity contribution in [3.63, 3.8) is 0 Å². The zero-order valence-corrected chi connectivity index (χ0v) is 18.1. The SMILES string of the molecule is CCC(C)(C(=O)OC(C)(C)C)C(F)(F)F.CCC(C)C(=O)OC(C(F)(F)F)C(F)(F)F. The number of hydrogen-bond acceptors (Lipinski definition) is 4. The Bertz CT molecular complexity index is 575. The first-order valence-corrected chi connectivity index (χ1v) is 9.08. The summed E-state index contributed by atoms with van der Waals surface area (Å²) in [5.41, 5.74) is -3.32. The van der Waals surface area contributed by atoms with Crippen molar-refractivity contribution in [2.24, 2.45) is 11.3 Å². The van der Waals surface area contributed by atoms with Crippen molar-refractivity contribution in [2.75, 3.05) is 0 Å². The summed E-state index contributed by atoms with van der Waals surface area (Å²) in [6, 6.07) is 0. The molecule has 13 heteroatoms. The van der Waals surface area contributed by atoms with E-state index >= 15 is 0 Å². The fourth-order valence-electron chi connectivity index (χ4n) is 1.57. The van der Waals surface area contributed by atoms with Gasteiger partial charge in [0.25, 0.3) is 6.10 Å². The van der Waals surface area contributed by atoms with E-state index in [-0.39, 0.29) is 12.8 Å². The lowest BCUT2D eigenvalue weighted by Crippen LogP contribution is -2.46. The molecule has 0 aliphatic rings. The molecule has 0 fully saturated rings. The monoisotopic (exact) mass is 478 g/mol. The van der Waals surface area contributed by atoms with Gasteiger partial charge in [0.15, 0.2) is 5.41 Å². The van der Waals surface area contributed by atoms with E-state index in [1.807, 2.05) is 0 Å². The van der Waals surface area contributed by atoms with Gasteiger partial charge < -0.3 is 9.47 Å². The lowest BCUT2D eigenvalue weighted by atomic mass is 9.86. The van der Waals surface area contributed by atoms with Crippen LogP contribution in [0.15, 0.2) is 0 Å². The molecule has 0 amide bonds. The van der Waals surface area contributed by atoms with Crippen molar-refractivity contribution in [3.8, 4) is 0 Å². The van der Waals surface area contributed by atoms with Gasteiger partial charge in [0, 0.05) is 0 Å². The molecule has 0 heterocycles. The highest BCUT2D eigenvalue weighted by molar-refractivity contribution is 5.77. The Hall–Kier alpha value is -1.69. The standard InChI is InChI=1S/C10H17F3O2.C8H10F6O2/c1-6-9(5,10(11,12)13)7(14)15-8(2,3)4;1-3-4(2)5(15)16-6(7(9,10)11)8(12,13)14/h6H2,1-5H3;4,6H,3H2,1-2H3. The molecule has 0 N–H and O–H groups in total. The topological polar surface area (TPSA) is 52.6 Å². The molecule has 186 valence electrons. The fourth-order valence-corrected chi connectivity index (χ4v) is 1.57. The summed E-state index contributed by atoms with van der Waals surface area (Å²) < 4.78 is 118. The number of carbonyl (C=O) groups excluding carboxylic acids is 2. The summed E-state index contributed by atoms with van der Waals surface area (Å²) in [7, 11) is 0. The second-order valence-corrected chi connectivity index (χ2v) is 7.89. The zero-order valence-electron chi connectivity index (χ0n) is 18.1. The molecule has 0 bridgehead atoms. The summed E-state index contributed by atoms with van der Waals surface area (Å²) in [5, 5.41) is 0. The third-order valence-corrected chi connectivity index (χ3v) is 4.03. The molecule has 0 aliphatic carbocycles. The van der Waals surface area contributed by atoms with Crippen molar-refractivity contribution >= 4 is 11.9 Å². The van der Waals surface area contributed by atoms with Crippen LogP contribution >= 0.6 is 0 Å². The molecule has 31 heavy (non-hydrogen) atoms. The smallest absolute Gasteiger partial charge is 0.434 e. The average molecular weight is 478 g/mol. The molecule has 0 spiro atoms. The highest BCUT2D eigenvalue weighted by Gasteiger charge is 2.60. The van der Waals surface area contributed by atoms with Gasteiger partial charge in [-0.05, 0) is 40.5 Å². The van der Waals surface area contributed by atoms with Crippen LogP contribution < -0.4 is 0 Å². The Morgan fingerprint density at radius 3 is 1.42 bits per heavy atom. The Balaban J connectivity index is 0. The van der Waals surface area contributed by atoms with Gasteiger partial charge in [0.1, 0.15) is 5.60 Å². The molecule has 0 aromatic heterocycles. The van der Waals surface area contributed by atoms with E-state index in [9.17, 15) is 49.1 Å². The van der Waals surface area contributed by atoms with Gasteiger partial charge in [-0.2, -0.15) is 39.5 Å². The van der Waals surface area contributed by atoms with Crippen LogP contribution in [0, 0.1) is 11.3 Å². The lowest BCUT2D eigenvalue weighted by molar-refractivity contribution is -0.314. The number of carbonyl (C=O) groups is 2. The maximum absolute atomic E-state index is 12.6. The van der Waals surface area contributed by atoms with Crippen LogP contribution in [0.2, 0.25) is 0 Å². The molecular weight excluding hydrogens is 451 g/mol. The van der Waals surface area contributed by atoms with Crippen LogP contribution in [-0.4, -0.2) is 42.2 Å². The maximum atomic E-state index is 12.6. The molecule has 0 aromatic carbocycles. The summed E-state index contributed by atoms with van der Waals surface area (Å²) in [4.78, 5) is 22.3. The number of halogens is 9. The fraction of sp³-hybridized carbons (Fsp3) is 0.889. The van der Waals surface area contributed by atoms with Gasteiger partial charge in [-0.15, -0.1) is 0 Å². The molecule has 0 rings (SSSR count). The molecule has 0 saturated heterocycles. The average Bonchev–Trinajstić information content (AvgIpc) is 2.53. The van der Waals surface area contributed by atoms with Crippen LogP contribution in [0.4, 0.5) is 39.5 Å². The molecular formula is C18H27F9O4. The predicted molar refractivity (Wildman–Crippen MR) is 91.7 cm³/mol. The molecule has 0 radical (unpaired) electrons. The highest BCUT2D eigenvalue weighted by atomic mass is 19.4. The van der Waals surface area contributed by atoms with Crippen LogP contribution in [0.1, 0.15) is 61.3 Å². The van der Waals surface area contributed by atoms with Gasteiger partial charge >= 0.3 is 30.5 Å². The molecule has 0 saturated carbocycles. The van der Waals surface area contributed by atoms with Crippen LogP contribution in [0.5, 0.6) is 0 Å². The minimum absolute atomic E-state index is 0.0985. The van der Waals surface area contributed by atoms with Gasteiger partial charge in [-0.1, -0.05) is 20.8 Å². The van der Waals surface area contributed by atoms with E-state index in [1.165, 1.54) is 41.5 Å². The normalized spacial score (nSPS) is 16.0. The number of esters is 2. The van der Waals surface area contributed by atoms with Crippen molar-refractivity contribution in [1.82, 2.24) is 0 Å². The first-order valence-electron chi connectivity index (χ1n) is 9.08. The van der Waals surface area contributed by atoms with E-state index in [0.29, 0.717) is 0 Å². The molecule has 2 atom stereocenters. The van der Waals surface area contributed by atoms with Crippen LogP contribution in [-0.2, 0) is 19.1 Å². The quantitative estimate of drug-likeness (QED) is 0.340. The van der Waals surface area contributed by atoms with Crippen molar-refractivity contribution in [3.05, 3.63) is 0 Å². The number of hydrogen-bond donors (Lipinski definition) is 0. The van der Waals surface area contributed by atoms with Crippen LogP contribution in [0.25, 0.3) is 0 Å².